The van der Waals surface area contributed by atoms with Crippen molar-refractivity contribution in [1.82, 2.24) is 0 Å². The summed E-state index contributed by atoms with van der Waals surface area (Å²) in [6, 6.07) is 15.1. The van der Waals surface area contributed by atoms with Crippen molar-refractivity contribution in [3.05, 3.63) is 60.3 Å². The Kier molecular flexibility index (Phi) is 5.16. The summed E-state index contributed by atoms with van der Waals surface area (Å²) in [6.45, 7) is 0. The highest BCUT2D eigenvalue weighted by atomic mass is 16.5. The van der Waals surface area contributed by atoms with Gasteiger partial charge in [0.2, 0.25) is 0 Å². The molecule has 4 heteroatoms. The van der Waals surface area contributed by atoms with Crippen molar-refractivity contribution in [3.63, 3.8) is 0 Å². The van der Waals surface area contributed by atoms with Crippen molar-refractivity contribution in [3.8, 4) is 17.2 Å². The molecule has 0 saturated heterocycles. The lowest BCUT2D eigenvalue weighted by atomic mass is 9.94. The second kappa shape index (κ2) is 7.68. The molecule has 1 aliphatic carbocycles. The molecule has 0 aliphatic heterocycles. The van der Waals surface area contributed by atoms with Crippen LogP contribution in [0.2, 0.25) is 0 Å². The average molecular weight is 323 g/mol. The maximum Gasteiger partial charge on any atom is 0.160 e. The molecular formula is C20H21NO3. The van der Waals surface area contributed by atoms with Crippen molar-refractivity contribution in [2.75, 3.05) is 12.4 Å². The lowest BCUT2D eigenvalue weighted by Gasteiger charge is -2.13. The van der Waals surface area contributed by atoms with E-state index in [0.29, 0.717) is 6.42 Å². The third-order valence-corrected chi connectivity index (χ3v) is 4.00. The van der Waals surface area contributed by atoms with Gasteiger partial charge in [0.25, 0.3) is 0 Å². The largest absolute Gasteiger partial charge is 0.497 e. The Morgan fingerprint density at radius 1 is 0.958 bits per heavy atom. The summed E-state index contributed by atoms with van der Waals surface area (Å²) in [7, 11) is 1.63. The van der Waals surface area contributed by atoms with Crippen LogP contribution in [0.4, 0.5) is 5.69 Å². The molecule has 0 spiro atoms. The molecule has 0 aromatic heterocycles. The topological polar surface area (TPSA) is 47.6 Å². The predicted octanol–water partition coefficient (Wildman–Crippen LogP) is 4.93. The van der Waals surface area contributed by atoms with Gasteiger partial charge < -0.3 is 14.8 Å². The van der Waals surface area contributed by atoms with Gasteiger partial charge in [-0.3, -0.25) is 4.79 Å². The van der Waals surface area contributed by atoms with Crippen molar-refractivity contribution in [1.29, 1.82) is 0 Å². The van der Waals surface area contributed by atoms with E-state index in [4.69, 9.17) is 9.47 Å². The molecule has 1 aliphatic rings. The molecule has 0 heterocycles. The van der Waals surface area contributed by atoms with E-state index in [1.165, 1.54) is 0 Å². The predicted molar refractivity (Wildman–Crippen MR) is 94.7 cm³/mol. The zero-order valence-corrected chi connectivity index (χ0v) is 13.7. The Morgan fingerprint density at radius 2 is 1.71 bits per heavy atom. The van der Waals surface area contributed by atoms with E-state index in [0.717, 1.165) is 47.8 Å². The highest BCUT2D eigenvalue weighted by molar-refractivity contribution is 5.96. The van der Waals surface area contributed by atoms with Gasteiger partial charge in [-0.05, 0) is 55.7 Å². The Hall–Kier alpha value is -2.75. The molecule has 1 saturated carbocycles. The Bertz CT molecular complexity index is 735. The molecule has 24 heavy (non-hydrogen) atoms. The van der Waals surface area contributed by atoms with Gasteiger partial charge in [-0.25, -0.2) is 0 Å². The standard InChI is InChI=1S/C20H21NO3/c1-23-18-6-4-7-19(13-18)24-17-11-9-16(10-12-17)21-14-15-5-2-3-8-20(15)22/h4,6-7,9-14,21H,2-3,5,8H2,1H3. The Labute approximate surface area is 142 Å². The summed E-state index contributed by atoms with van der Waals surface area (Å²) in [5.41, 5.74) is 1.82. The molecule has 1 fully saturated rings. The van der Waals surface area contributed by atoms with Gasteiger partial charge in [-0.1, -0.05) is 6.07 Å². The molecule has 0 amide bonds. The number of ether oxygens (including phenoxy) is 2. The van der Waals surface area contributed by atoms with Crippen molar-refractivity contribution < 1.29 is 14.3 Å². The highest BCUT2D eigenvalue weighted by Crippen LogP contribution is 2.26. The van der Waals surface area contributed by atoms with Crippen LogP contribution in [-0.4, -0.2) is 12.9 Å². The van der Waals surface area contributed by atoms with Crippen LogP contribution < -0.4 is 14.8 Å². The van der Waals surface area contributed by atoms with E-state index in [-0.39, 0.29) is 5.78 Å². The number of ketones is 1. The zero-order valence-electron chi connectivity index (χ0n) is 13.7. The summed E-state index contributed by atoms with van der Waals surface area (Å²) < 4.78 is 11.0. The average Bonchev–Trinajstić information content (AvgIpc) is 2.62. The number of hydrogen-bond donors (Lipinski definition) is 1. The second-order valence-corrected chi connectivity index (χ2v) is 5.75. The molecule has 1 N–H and O–H groups in total. The van der Waals surface area contributed by atoms with Gasteiger partial charge in [0, 0.05) is 29.9 Å². The van der Waals surface area contributed by atoms with Crippen LogP contribution in [0.3, 0.4) is 0 Å². The van der Waals surface area contributed by atoms with Crippen LogP contribution >= 0.6 is 0 Å². The third-order valence-electron chi connectivity index (χ3n) is 4.00. The lowest BCUT2D eigenvalue weighted by molar-refractivity contribution is -0.116. The number of rotatable bonds is 5. The number of Topliss-reactive ketones (excluding diaryl/α,β-unsaturated/α-hetero) is 1. The molecule has 4 nitrogen and oxygen atoms in total. The van der Waals surface area contributed by atoms with E-state index < -0.39 is 0 Å². The maximum atomic E-state index is 11.8. The monoisotopic (exact) mass is 323 g/mol. The van der Waals surface area contributed by atoms with Crippen molar-refractivity contribution in [2.24, 2.45) is 0 Å². The summed E-state index contributed by atoms with van der Waals surface area (Å²) >= 11 is 0. The Morgan fingerprint density at radius 3 is 2.46 bits per heavy atom. The minimum Gasteiger partial charge on any atom is -0.497 e. The summed E-state index contributed by atoms with van der Waals surface area (Å²) in [5, 5.41) is 3.20. The summed E-state index contributed by atoms with van der Waals surface area (Å²) in [5.74, 6) is 2.49. The Balaban J connectivity index is 1.62. The third kappa shape index (κ3) is 4.16. The molecule has 2 aromatic rings. The number of nitrogens with one attached hydrogen (secondary N) is 1. The summed E-state index contributed by atoms with van der Waals surface area (Å²) in [6.07, 6.45) is 5.46. The van der Waals surface area contributed by atoms with Gasteiger partial charge in [0.15, 0.2) is 5.78 Å². The van der Waals surface area contributed by atoms with E-state index >= 15 is 0 Å². The van der Waals surface area contributed by atoms with Crippen LogP contribution in [0.15, 0.2) is 60.3 Å². The van der Waals surface area contributed by atoms with E-state index in [2.05, 4.69) is 5.32 Å². The number of methoxy groups -OCH3 is 1. The molecule has 0 atom stereocenters. The fraction of sp³-hybridized carbons (Fsp3) is 0.250. The first kappa shape index (κ1) is 16.1. The van der Waals surface area contributed by atoms with Gasteiger partial charge in [0.1, 0.15) is 17.2 Å². The number of carbonyl (C=O) groups excluding carboxylic acids is 1. The van der Waals surface area contributed by atoms with E-state index in [1.807, 2.05) is 54.7 Å². The smallest absolute Gasteiger partial charge is 0.160 e. The first-order valence-electron chi connectivity index (χ1n) is 8.15. The first-order chi connectivity index (χ1) is 11.7. The lowest BCUT2D eigenvalue weighted by Crippen LogP contribution is -2.09. The molecule has 124 valence electrons. The minimum absolute atomic E-state index is 0.256. The molecule has 0 radical (unpaired) electrons. The molecule has 0 unspecified atom stereocenters. The minimum atomic E-state index is 0.256. The van der Waals surface area contributed by atoms with Gasteiger partial charge in [-0.2, -0.15) is 0 Å². The van der Waals surface area contributed by atoms with E-state index in [9.17, 15) is 4.79 Å². The number of hydrogen-bond acceptors (Lipinski definition) is 4. The van der Waals surface area contributed by atoms with Crippen molar-refractivity contribution in [2.45, 2.75) is 25.7 Å². The van der Waals surface area contributed by atoms with Gasteiger partial charge >= 0.3 is 0 Å². The first-order valence-corrected chi connectivity index (χ1v) is 8.15. The van der Waals surface area contributed by atoms with Crippen LogP contribution in [-0.2, 0) is 4.79 Å². The number of allylic oxidation sites excluding steroid dienone is 1. The van der Waals surface area contributed by atoms with Gasteiger partial charge in [0.05, 0.1) is 7.11 Å². The molecular weight excluding hydrogens is 302 g/mol. The molecule has 3 rings (SSSR count). The van der Waals surface area contributed by atoms with Crippen LogP contribution in [0.5, 0.6) is 17.2 Å². The van der Waals surface area contributed by atoms with Gasteiger partial charge in [-0.15, -0.1) is 0 Å². The second-order valence-electron chi connectivity index (χ2n) is 5.75. The number of benzene rings is 2. The molecule has 0 bridgehead atoms. The molecule has 2 aromatic carbocycles. The quantitative estimate of drug-likeness (QED) is 0.793. The SMILES string of the molecule is COc1cccc(Oc2ccc(NC=C3CCCCC3=O)cc2)c1. The fourth-order valence-corrected chi connectivity index (χ4v) is 2.64. The van der Waals surface area contributed by atoms with Crippen LogP contribution in [0.25, 0.3) is 0 Å². The summed E-state index contributed by atoms with van der Waals surface area (Å²) in [4.78, 5) is 11.8. The normalized spacial score (nSPS) is 16.0. The van der Waals surface area contributed by atoms with E-state index in [1.54, 1.807) is 7.11 Å². The zero-order chi connectivity index (χ0) is 16.8. The van der Waals surface area contributed by atoms with Crippen molar-refractivity contribution >= 4 is 11.5 Å². The number of carbonyl (C=O) groups is 1. The van der Waals surface area contributed by atoms with Crippen LogP contribution in [0.1, 0.15) is 25.7 Å². The fourth-order valence-electron chi connectivity index (χ4n) is 2.64. The highest BCUT2D eigenvalue weighted by Gasteiger charge is 2.14. The maximum absolute atomic E-state index is 11.8. The van der Waals surface area contributed by atoms with Crippen LogP contribution in [0, 0.1) is 0 Å². The number of anilines is 1.